The van der Waals surface area contributed by atoms with E-state index in [1.165, 1.54) is 4.90 Å². The third kappa shape index (κ3) is 4.07. The van der Waals surface area contributed by atoms with Gasteiger partial charge >= 0.3 is 6.18 Å². The summed E-state index contributed by atoms with van der Waals surface area (Å²) in [6.45, 7) is 1.03. The van der Waals surface area contributed by atoms with E-state index in [0.29, 0.717) is 13.0 Å². The number of fused-ring (bicyclic) bond motifs is 1. The number of rotatable bonds is 3. The van der Waals surface area contributed by atoms with Crippen LogP contribution in [0.5, 0.6) is 5.75 Å². The number of benzene rings is 1. The maximum Gasteiger partial charge on any atom is 0.393 e. The molecule has 2 aliphatic rings. The lowest BCUT2D eigenvalue weighted by Gasteiger charge is -2.35. The van der Waals surface area contributed by atoms with E-state index in [0.717, 1.165) is 42.8 Å². The summed E-state index contributed by atoms with van der Waals surface area (Å²) in [5.41, 5.74) is 2.03. The van der Waals surface area contributed by atoms with Gasteiger partial charge in [-0.2, -0.15) is 13.2 Å². The number of halogens is 3. The van der Waals surface area contributed by atoms with Crippen LogP contribution in [0, 0.1) is 5.92 Å². The zero-order valence-electron chi connectivity index (χ0n) is 15.0. The molecule has 0 bridgehead atoms. The molecule has 1 saturated heterocycles. The van der Waals surface area contributed by atoms with Crippen molar-refractivity contribution in [3.63, 3.8) is 0 Å². The Balaban J connectivity index is 1.74. The maximum atomic E-state index is 13.0. The number of hydrogen-bond acceptors (Lipinski definition) is 3. The molecule has 0 unspecified atom stereocenters. The second-order valence-electron chi connectivity index (χ2n) is 7.06. The number of methoxy groups -OCH3 is 1. The summed E-state index contributed by atoms with van der Waals surface area (Å²) >= 11 is 0. The summed E-state index contributed by atoms with van der Waals surface area (Å²) in [6.07, 6.45) is -0.906. The van der Waals surface area contributed by atoms with E-state index in [1.54, 1.807) is 7.11 Å². The second kappa shape index (κ2) is 7.76. The Morgan fingerprint density at radius 2 is 2.04 bits per heavy atom. The van der Waals surface area contributed by atoms with Crippen molar-refractivity contribution in [2.75, 3.05) is 38.2 Å². The molecule has 26 heavy (non-hydrogen) atoms. The number of likely N-dealkylation sites (tertiary alicyclic amines) is 1. The van der Waals surface area contributed by atoms with E-state index in [1.807, 2.05) is 23.1 Å². The highest BCUT2D eigenvalue weighted by Gasteiger charge is 2.42. The van der Waals surface area contributed by atoms with Crippen LogP contribution in [-0.4, -0.2) is 50.3 Å². The van der Waals surface area contributed by atoms with Crippen LogP contribution in [-0.2, 0) is 11.2 Å². The Morgan fingerprint density at radius 3 is 2.77 bits per heavy atom. The first-order valence-electron chi connectivity index (χ1n) is 9.15. The molecule has 0 N–H and O–H groups in total. The molecule has 1 fully saturated rings. The van der Waals surface area contributed by atoms with Gasteiger partial charge in [-0.25, -0.2) is 0 Å². The molecule has 2 aliphatic heterocycles. The normalized spacial score (nSPS) is 21.2. The minimum Gasteiger partial charge on any atom is -0.496 e. The molecule has 144 valence electrons. The van der Waals surface area contributed by atoms with E-state index < -0.39 is 12.1 Å². The topological polar surface area (TPSA) is 32.8 Å². The average Bonchev–Trinajstić information content (AvgIpc) is 2.83. The van der Waals surface area contributed by atoms with Gasteiger partial charge in [0.15, 0.2) is 0 Å². The van der Waals surface area contributed by atoms with Crippen LogP contribution in [0.2, 0.25) is 0 Å². The number of alkyl halides is 3. The van der Waals surface area contributed by atoms with Gasteiger partial charge in [-0.15, -0.1) is 0 Å². The van der Waals surface area contributed by atoms with Gasteiger partial charge in [0.1, 0.15) is 5.75 Å². The van der Waals surface area contributed by atoms with Crippen LogP contribution in [0.4, 0.5) is 18.9 Å². The number of hydrogen-bond donors (Lipinski definition) is 0. The van der Waals surface area contributed by atoms with E-state index in [-0.39, 0.29) is 25.4 Å². The molecule has 0 aliphatic carbocycles. The Morgan fingerprint density at radius 1 is 1.23 bits per heavy atom. The van der Waals surface area contributed by atoms with Crippen molar-refractivity contribution in [1.29, 1.82) is 0 Å². The van der Waals surface area contributed by atoms with Gasteiger partial charge < -0.3 is 14.5 Å². The number of ether oxygens (including phenoxy) is 1. The zero-order chi connectivity index (χ0) is 18.7. The van der Waals surface area contributed by atoms with Crippen molar-refractivity contribution in [1.82, 2.24) is 4.90 Å². The molecule has 7 heteroatoms. The summed E-state index contributed by atoms with van der Waals surface area (Å²) in [5.74, 6) is -0.830. The number of carbonyl (C=O) groups is 1. The Labute approximate surface area is 151 Å². The quantitative estimate of drug-likeness (QED) is 0.814. The van der Waals surface area contributed by atoms with Gasteiger partial charge in [0.05, 0.1) is 19.6 Å². The third-order valence-corrected chi connectivity index (χ3v) is 5.34. The number of piperidine rings is 1. The first-order valence-corrected chi connectivity index (χ1v) is 9.15. The van der Waals surface area contributed by atoms with Crippen molar-refractivity contribution < 1.29 is 22.7 Å². The largest absolute Gasteiger partial charge is 0.496 e. The number of carbonyl (C=O) groups excluding carboxylic acids is 1. The molecular formula is C19H25F3N2O2. The Bertz CT molecular complexity index is 648. The average molecular weight is 370 g/mol. The Kier molecular flexibility index (Phi) is 5.63. The van der Waals surface area contributed by atoms with Crippen molar-refractivity contribution in [3.05, 3.63) is 23.8 Å². The highest BCUT2D eigenvalue weighted by molar-refractivity contribution is 5.82. The molecule has 0 aromatic heterocycles. The molecule has 2 heterocycles. The highest BCUT2D eigenvalue weighted by atomic mass is 19.4. The zero-order valence-corrected chi connectivity index (χ0v) is 15.0. The molecule has 0 saturated carbocycles. The second-order valence-corrected chi connectivity index (χ2v) is 7.06. The fraction of sp³-hybridized carbons (Fsp3) is 0.632. The number of anilines is 1. The maximum absolute atomic E-state index is 13.0. The Hall–Kier alpha value is -1.92. The van der Waals surface area contributed by atoms with Crippen molar-refractivity contribution in [3.8, 4) is 5.75 Å². The minimum absolute atomic E-state index is 0.108. The fourth-order valence-electron chi connectivity index (χ4n) is 3.92. The predicted molar refractivity (Wildman–Crippen MR) is 93.5 cm³/mol. The molecule has 0 spiro atoms. The smallest absolute Gasteiger partial charge is 0.393 e. The summed E-state index contributed by atoms with van der Waals surface area (Å²) < 4.78 is 44.5. The molecule has 1 amide bonds. The van der Waals surface area contributed by atoms with Gasteiger partial charge in [-0.3, -0.25) is 4.79 Å². The van der Waals surface area contributed by atoms with Gasteiger partial charge in [0.2, 0.25) is 5.91 Å². The van der Waals surface area contributed by atoms with Gasteiger partial charge in [-0.1, -0.05) is 6.07 Å². The molecule has 1 atom stereocenters. The highest BCUT2D eigenvalue weighted by Crippen LogP contribution is 2.35. The monoisotopic (exact) mass is 370 g/mol. The van der Waals surface area contributed by atoms with Gasteiger partial charge in [-0.05, 0) is 44.2 Å². The standard InChI is InChI=1S/C19H25F3N2O2/c1-26-17-9-4-8-16-15(17)7-2-3-10-23(16)13-18(25)24-11-5-6-14(12-24)19(20,21)22/h4,8-9,14H,2-3,5-7,10-13H2,1H3/t14-/m0/s1. The lowest BCUT2D eigenvalue weighted by atomic mass is 9.97. The number of amides is 1. The van der Waals surface area contributed by atoms with Crippen LogP contribution in [0.25, 0.3) is 0 Å². The first-order chi connectivity index (χ1) is 12.4. The van der Waals surface area contributed by atoms with Crippen LogP contribution in [0.3, 0.4) is 0 Å². The van der Waals surface area contributed by atoms with Crippen molar-refractivity contribution in [2.45, 2.75) is 38.3 Å². The van der Waals surface area contributed by atoms with E-state index in [9.17, 15) is 18.0 Å². The lowest BCUT2D eigenvalue weighted by molar-refractivity contribution is -0.187. The summed E-state index contributed by atoms with van der Waals surface area (Å²) in [7, 11) is 1.63. The fourth-order valence-corrected chi connectivity index (χ4v) is 3.92. The molecule has 0 radical (unpaired) electrons. The third-order valence-electron chi connectivity index (χ3n) is 5.34. The van der Waals surface area contributed by atoms with Crippen molar-refractivity contribution >= 4 is 11.6 Å². The minimum atomic E-state index is -4.23. The lowest BCUT2D eigenvalue weighted by Crippen LogP contribution is -2.48. The molecule has 1 aromatic rings. The van der Waals surface area contributed by atoms with Gasteiger partial charge in [0, 0.05) is 30.9 Å². The molecule has 4 nitrogen and oxygen atoms in total. The van der Waals surface area contributed by atoms with Crippen LogP contribution in [0.1, 0.15) is 31.2 Å². The molecule has 3 rings (SSSR count). The van der Waals surface area contributed by atoms with Crippen LogP contribution >= 0.6 is 0 Å². The predicted octanol–water partition coefficient (Wildman–Crippen LogP) is 3.64. The number of nitrogens with zero attached hydrogens (tertiary/aromatic N) is 2. The van der Waals surface area contributed by atoms with Crippen LogP contribution in [0.15, 0.2) is 18.2 Å². The van der Waals surface area contributed by atoms with E-state index in [2.05, 4.69) is 0 Å². The van der Waals surface area contributed by atoms with Crippen LogP contribution < -0.4 is 9.64 Å². The SMILES string of the molecule is COc1cccc2c1CCCCN2CC(=O)N1CCC[C@H](C(F)(F)F)C1. The molecule has 1 aromatic carbocycles. The van der Waals surface area contributed by atoms with Gasteiger partial charge in [0.25, 0.3) is 0 Å². The summed E-state index contributed by atoms with van der Waals surface area (Å²) in [4.78, 5) is 16.1. The first kappa shape index (κ1) is 18.9. The summed E-state index contributed by atoms with van der Waals surface area (Å²) in [5, 5.41) is 0. The summed E-state index contributed by atoms with van der Waals surface area (Å²) in [6, 6.07) is 5.76. The van der Waals surface area contributed by atoms with E-state index in [4.69, 9.17) is 4.74 Å². The van der Waals surface area contributed by atoms with Crippen molar-refractivity contribution in [2.24, 2.45) is 5.92 Å². The molecular weight excluding hydrogens is 345 g/mol. The van der Waals surface area contributed by atoms with E-state index >= 15 is 0 Å².